The molecule has 232 valence electrons. The van der Waals surface area contributed by atoms with Crippen molar-refractivity contribution >= 4 is 49.5 Å². The molecule has 7 nitrogen and oxygen atoms in total. The average molecular weight is 697 g/mol. The molecule has 7 rings (SSSR count). The third-order valence-corrected chi connectivity index (χ3v) is 8.87. The smallest absolute Gasteiger partial charge is 0.225 e. The highest BCUT2D eigenvalue weighted by atomic mass is 79.9. The van der Waals surface area contributed by atoms with Gasteiger partial charge in [0.2, 0.25) is 5.95 Å². The number of nitrogen functional groups attached to an aromatic ring is 1. The highest BCUT2D eigenvalue weighted by Gasteiger charge is 2.17. The van der Waals surface area contributed by atoms with Crippen LogP contribution in [0.2, 0.25) is 0 Å². The zero-order valence-electron chi connectivity index (χ0n) is 25.2. The van der Waals surface area contributed by atoms with Crippen LogP contribution in [0.15, 0.2) is 108 Å². The van der Waals surface area contributed by atoms with E-state index in [0.29, 0.717) is 60.9 Å². The monoisotopic (exact) mass is 695 g/mol. The lowest BCUT2D eigenvalue weighted by atomic mass is 9.98. The Morgan fingerprint density at radius 3 is 1.98 bits per heavy atom. The van der Waals surface area contributed by atoms with Gasteiger partial charge in [-0.2, -0.15) is 15.5 Å². The molecule has 0 amide bonds. The van der Waals surface area contributed by atoms with Gasteiger partial charge in [0, 0.05) is 51.4 Å². The van der Waals surface area contributed by atoms with Crippen LogP contribution in [0.25, 0.3) is 44.1 Å². The lowest BCUT2D eigenvalue weighted by molar-refractivity contribution is 0.627. The minimum atomic E-state index is -0.440. The molecule has 0 fully saturated rings. The summed E-state index contributed by atoms with van der Waals surface area (Å²) in [6.45, 7) is 0.630. The van der Waals surface area contributed by atoms with Crippen LogP contribution in [-0.2, 0) is 13.1 Å². The predicted octanol–water partition coefficient (Wildman–Crippen LogP) is 8.95. The van der Waals surface area contributed by atoms with Gasteiger partial charge < -0.3 is 15.6 Å². The van der Waals surface area contributed by atoms with Crippen molar-refractivity contribution in [3.8, 4) is 34.4 Å². The number of rotatable bonds is 7. The van der Waals surface area contributed by atoms with Crippen molar-refractivity contribution in [2.24, 2.45) is 0 Å². The third kappa shape index (κ3) is 5.59. The fraction of sp³-hybridized carbons (Fsp3) is 0.0526. The van der Waals surface area contributed by atoms with Gasteiger partial charge in [-0.3, -0.25) is 0 Å². The Morgan fingerprint density at radius 1 is 0.750 bits per heavy atom. The Bertz CT molecular complexity index is 2480. The maximum atomic E-state index is 15.3. The van der Waals surface area contributed by atoms with Gasteiger partial charge in [-0.1, -0.05) is 60.7 Å². The lowest BCUT2D eigenvalue weighted by Gasteiger charge is -2.13. The normalized spacial score (nSPS) is 11.0. The molecule has 0 aliphatic carbocycles. The second-order valence-corrected chi connectivity index (χ2v) is 12.0. The molecular weight excluding hydrogens is 672 g/mol. The summed E-state index contributed by atoms with van der Waals surface area (Å²) in [5, 5.41) is 23.5. The number of nitrogens with one attached hydrogen (secondary N) is 1. The molecule has 0 unspecified atom stereocenters. The van der Waals surface area contributed by atoms with Crippen molar-refractivity contribution in [1.29, 1.82) is 10.5 Å². The van der Waals surface area contributed by atoms with E-state index in [4.69, 9.17) is 10.7 Å². The molecule has 0 aliphatic heterocycles. The Balaban J connectivity index is 1.16. The zero-order chi connectivity index (χ0) is 33.4. The number of hydrogen-bond acceptors (Lipinski definition) is 6. The fourth-order valence-electron chi connectivity index (χ4n) is 5.93. The Kier molecular flexibility index (Phi) is 8.02. The van der Waals surface area contributed by atoms with Crippen molar-refractivity contribution in [3.05, 3.63) is 142 Å². The van der Waals surface area contributed by atoms with E-state index in [1.54, 1.807) is 66.7 Å². The molecule has 7 aromatic rings. The molecule has 48 heavy (non-hydrogen) atoms. The summed E-state index contributed by atoms with van der Waals surface area (Å²) >= 11 is 3.64. The molecule has 0 aliphatic rings. The minimum absolute atomic E-state index is 0.237. The second-order valence-electron chi connectivity index (χ2n) is 11.2. The summed E-state index contributed by atoms with van der Waals surface area (Å²) in [7, 11) is 0. The first-order valence-corrected chi connectivity index (χ1v) is 15.7. The van der Waals surface area contributed by atoms with Gasteiger partial charge in [-0.05, 0) is 63.5 Å². The third-order valence-electron chi connectivity index (χ3n) is 8.25. The van der Waals surface area contributed by atoms with E-state index in [0.717, 1.165) is 16.5 Å². The average Bonchev–Trinajstić information content (AvgIpc) is 3.49. The van der Waals surface area contributed by atoms with E-state index in [1.165, 1.54) is 12.1 Å². The molecule has 2 heterocycles. The van der Waals surface area contributed by atoms with Crippen LogP contribution in [0.3, 0.4) is 0 Å². The number of benzene rings is 5. The quantitative estimate of drug-likeness (QED) is 0.172. The molecule has 0 atom stereocenters. The molecule has 10 heteroatoms. The number of nitriles is 2. The largest absolute Gasteiger partial charge is 0.383 e. The van der Waals surface area contributed by atoms with Crippen molar-refractivity contribution in [1.82, 2.24) is 14.5 Å². The van der Waals surface area contributed by atoms with E-state index in [9.17, 15) is 10.5 Å². The zero-order valence-corrected chi connectivity index (χ0v) is 26.8. The van der Waals surface area contributed by atoms with E-state index in [-0.39, 0.29) is 18.3 Å². The molecule has 0 saturated heterocycles. The first-order chi connectivity index (χ1) is 23.3. The van der Waals surface area contributed by atoms with Crippen molar-refractivity contribution in [2.45, 2.75) is 13.1 Å². The summed E-state index contributed by atoms with van der Waals surface area (Å²) in [4.78, 5) is 9.24. The van der Waals surface area contributed by atoms with Crippen LogP contribution in [-0.4, -0.2) is 14.5 Å². The van der Waals surface area contributed by atoms with Crippen LogP contribution in [0, 0.1) is 34.3 Å². The standard InChI is InChI=1S/C38H24BrF2N7/c39-31-17-34-30(13-14-48(34)21-23-10-12-29(33(41)16-23)27-8-4-2-6-25(27)19-43)36-35(31)37(44)47-38(46-36)45-20-22-9-11-28(32(40)15-22)26-7-3-1-5-24(26)18-42/h1-17H,20-21H2,(H3,44,45,46,47). The number of aromatic nitrogens is 3. The molecule has 0 bridgehead atoms. The highest BCUT2D eigenvalue weighted by Crippen LogP contribution is 2.36. The Morgan fingerprint density at radius 2 is 1.35 bits per heavy atom. The predicted molar refractivity (Wildman–Crippen MR) is 187 cm³/mol. The second kappa shape index (κ2) is 12.6. The Hall–Kier alpha value is -6.10. The van der Waals surface area contributed by atoms with Gasteiger partial charge in [0.05, 0.1) is 39.7 Å². The van der Waals surface area contributed by atoms with Crippen molar-refractivity contribution < 1.29 is 8.78 Å². The fourth-order valence-corrected chi connectivity index (χ4v) is 6.54. The van der Waals surface area contributed by atoms with Crippen LogP contribution < -0.4 is 11.1 Å². The minimum Gasteiger partial charge on any atom is -0.383 e. The number of halogens is 3. The number of nitrogens with two attached hydrogens (primary N) is 1. The summed E-state index contributed by atoms with van der Waals surface area (Å²) < 4.78 is 33.2. The van der Waals surface area contributed by atoms with Gasteiger partial charge in [0.15, 0.2) is 0 Å². The van der Waals surface area contributed by atoms with Crippen molar-refractivity contribution in [3.63, 3.8) is 0 Å². The number of hydrogen-bond donors (Lipinski definition) is 2. The van der Waals surface area contributed by atoms with Gasteiger partial charge in [-0.25, -0.2) is 13.8 Å². The van der Waals surface area contributed by atoms with E-state index in [2.05, 4.69) is 38.4 Å². The van der Waals surface area contributed by atoms with Gasteiger partial charge >= 0.3 is 0 Å². The number of nitrogens with zero attached hydrogens (tertiary/aromatic N) is 5. The van der Waals surface area contributed by atoms with Gasteiger partial charge in [-0.15, -0.1) is 0 Å². The SMILES string of the molecule is N#Cc1ccccc1-c1ccc(CNc2nc(N)c3c(Br)cc4c(ccn4Cc4ccc(-c5ccccc5C#N)c(F)c4)c3n2)cc1F. The van der Waals surface area contributed by atoms with E-state index >= 15 is 8.78 Å². The molecule has 2 aromatic heterocycles. The first kappa shape index (κ1) is 30.5. The highest BCUT2D eigenvalue weighted by molar-refractivity contribution is 9.10. The van der Waals surface area contributed by atoms with E-state index < -0.39 is 11.6 Å². The molecule has 0 spiro atoms. The first-order valence-electron chi connectivity index (χ1n) is 14.9. The molecule has 3 N–H and O–H groups in total. The van der Waals surface area contributed by atoms with Crippen molar-refractivity contribution in [2.75, 3.05) is 11.1 Å². The summed E-state index contributed by atoms with van der Waals surface area (Å²) in [5.74, 6) is -0.295. The van der Waals surface area contributed by atoms with Crippen LogP contribution in [0.1, 0.15) is 22.3 Å². The maximum Gasteiger partial charge on any atom is 0.225 e. The van der Waals surface area contributed by atoms with Crippen LogP contribution in [0.5, 0.6) is 0 Å². The summed E-state index contributed by atoms with van der Waals surface area (Å²) in [5.41, 5.74) is 11.9. The Labute approximate surface area is 282 Å². The van der Waals surface area contributed by atoms with Crippen LogP contribution in [0.4, 0.5) is 20.5 Å². The topological polar surface area (TPSA) is 116 Å². The number of anilines is 2. The van der Waals surface area contributed by atoms with Gasteiger partial charge in [0.25, 0.3) is 0 Å². The lowest BCUT2D eigenvalue weighted by Crippen LogP contribution is -2.07. The van der Waals surface area contributed by atoms with Gasteiger partial charge in [0.1, 0.15) is 17.5 Å². The molecule has 5 aromatic carbocycles. The van der Waals surface area contributed by atoms with Crippen LogP contribution >= 0.6 is 15.9 Å². The number of fused-ring (bicyclic) bond motifs is 3. The summed E-state index contributed by atoms with van der Waals surface area (Å²) in [6, 6.07) is 31.9. The van der Waals surface area contributed by atoms with E-state index in [1.807, 2.05) is 29.0 Å². The summed E-state index contributed by atoms with van der Waals surface area (Å²) in [6.07, 6.45) is 1.91. The maximum absolute atomic E-state index is 15.3. The molecule has 0 saturated carbocycles. The molecule has 0 radical (unpaired) electrons. The molecular formula is C38H24BrF2N7.